The summed E-state index contributed by atoms with van der Waals surface area (Å²) in [6.07, 6.45) is 4.52. The van der Waals surface area contributed by atoms with E-state index in [0.29, 0.717) is 36.6 Å². The van der Waals surface area contributed by atoms with Crippen molar-refractivity contribution in [1.29, 1.82) is 0 Å². The summed E-state index contributed by atoms with van der Waals surface area (Å²) >= 11 is 0. The van der Waals surface area contributed by atoms with Crippen LogP contribution in [0, 0.1) is 0 Å². The van der Waals surface area contributed by atoms with Crippen molar-refractivity contribution in [2.75, 3.05) is 13.2 Å². The number of pyridine rings is 1. The number of hydrogen-bond acceptors (Lipinski definition) is 8. The fraction of sp³-hybridized carbons (Fsp3) is 0.400. The van der Waals surface area contributed by atoms with Gasteiger partial charge in [-0.05, 0) is 25.3 Å². The van der Waals surface area contributed by atoms with E-state index in [1.165, 1.54) is 0 Å². The summed E-state index contributed by atoms with van der Waals surface area (Å²) in [4.78, 5) is 8.78. The summed E-state index contributed by atoms with van der Waals surface area (Å²) in [6.45, 7) is 1.01. The summed E-state index contributed by atoms with van der Waals surface area (Å²) in [7, 11) is 0. The molecule has 122 valence electrons. The Hall–Kier alpha value is -2.97. The highest BCUT2D eigenvalue weighted by Crippen LogP contribution is 2.35. The Bertz CT molecular complexity index is 889. The lowest BCUT2D eigenvalue weighted by molar-refractivity contribution is 0.164. The molecule has 0 saturated heterocycles. The standard InChI is InChI=1S/C15H14N6O3/c1-2-9(12-10(3-1)18-21-19-12)14-17-13(20-24-14)8-6-11-15(16-7-8)23-5-4-22-11/h6-7,9H,1-5H2,(H,18,19,21). The molecule has 0 radical (unpaired) electrons. The van der Waals surface area contributed by atoms with Gasteiger partial charge in [0.15, 0.2) is 5.75 Å². The van der Waals surface area contributed by atoms with E-state index in [4.69, 9.17) is 14.0 Å². The van der Waals surface area contributed by atoms with Gasteiger partial charge in [-0.2, -0.15) is 20.4 Å². The van der Waals surface area contributed by atoms with E-state index < -0.39 is 0 Å². The van der Waals surface area contributed by atoms with Crippen LogP contribution in [0.4, 0.5) is 0 Å². The van der Waals surface area contributed by atoms with Gasteiger partial charge in [-0.15, -0.1) is 0 Å². The molecular formula is C15H14N6O3. The van der Waals surface area contributed by atoms with Gasteiger partial charge in [-0.1, -0.05) is 5.16 Å². The van der Waals surface area contributed by atoms with Gasteiger partial charge in [0.05, 0.1) is 17.3 Å². The molecule has 1 N–H and O–H groups in total. The minimum Gasteiger partial charge on any atom is -0.484 e. The van der Waals surface area contributed by atoms with Crippen LogP contribution in [-0.2, 0) is 6.42 Å². The van der Waals surface area contributed by atoms with Crippen LogP contribution in [0.3, 0.4) is 0 Å². The molecule has 0 amide bonds. The van der Waals surface area contributed by atoms with E-state index >= 15 is 0 Å². The molecule has 4 heterocycles. The van der Waals surface area contributed by atoms with Crippen LogP contribution >= 0.6 is 0 Å². The Labute approximate surface area is 136 Å². The molecule has 9 heteroatoms. The van der Waals surface area contributed by atoms with Crippen molar-refractivity contribution < 1.29 is 14.0 Å². The van der Waals surface area contributed by atoms with Gasteiger partial charge in [-0.3, -0.25) is 0 Å². The highest BCUT2D eigenvalue weighted by molar-refractivity contribution is 5.58. The van der Waals surface area contributed by atoms with Crippen LogP contribution in [0.5, 0.6) is 11.6 Å². The molecule has 0 saturated carbocycles. The minimum absolute atomic E-state index is 0.0149. The molecule has 9 nitrogen and oxygen atoms in total. The highest BCUT2D eigenvalue weighted by Gasteiger charge is 2.30. The number of aromatic nitrogens is 6. The second-order valence-electron chi connectivity index (χ2n) is 5.78. The topological polar surface area (TPSA) is 112 Å². The van der Waals surface area contributed by atoms with E-state index in [9.17, 15) is 0 Å². The maximum atomic E-state index is 5.55. The number of aromatic amines is 1. The SMILES string of the molecule is c1nc2c(cc1-c1noc(C3CCCc4n[nH]nc43)n1)OCCO2. The first-order valence-corrected chi connectivity index (χ1v) is 7.87. The molecule has 5 rings (SSSR count). The second-order valence-corrected chi connectivity index (χ2v) is 5.78. The van der Waals surface area contributed by atoms with E-state index in [0.717, 1.165) is 36.2 Å². The van der Waals surface area contributed by atoms with Crippen molar-refractivity contribution in [1.82, 2.24) is 30.5 Å². The van der Waals surface area contributed by atoms with Crippen LogP contribution in [0.15, 0.2) is 16.8 Å². The van der Waals surface area contributed by atoms with Crippen LogP contribution in [-0.4, -0.2) is 43.7 Å². The Morgan fingerprint density at radius 2 is 2.12 bits per heavy atom. The summed E-state index contributed by atoms with van der Waals surface area (Å²) in [5, 5.41) is 15.2. The number of nitrogens with zero attached hydrogens (tertiary/aromatic N) is 5. The maximum absolute atomic E-state index is 5.55. The van der Waals surface area contributed by atoms with Crippen molar-refractivity contribution in [3.63, 3.8) is 0 Å². The van der Waals surface area contributed by atoms with Gasteiger partial charge < -0.3 is 14.0 Å². The van der Waals surface area contributed by atoms with Crippen LogP contribution in [0.25, 0.3) is 11.4 Å². The minimum atomic E-state index is -0.0149. The molecule has 0 fully saturated rings. The lowest BCUT2D eigenvalue weighted by Crippen LogP contribution is -2.16. The molecule has 3 aromatic rings. The monoisotopic (exact) mass is 326 g/mol. The van der Waals surface area contributed by atoms with Crippen molar-refractivity contribution in [3.05, 3.63) is 29.5 Å². The first kappa shape index (κ1) is 13.5. The zero-order chi connectivity index (χ0) is 15.9. The van der Waals surface area contributed by atoms with E-state index in [-0.39, 0.29) is 5.92 Å². The third-order valence-corrected chi connectivity index (χ3v) is 4.28. The molecule has 2 aliphatic rings. The van der Waals surface area contributed by atoms with Crippen LogP contribution < -0.4 is 9.47 Å². The fourth-order valence-corrected chi connectivity index (χ4v) is 3.12. The summed E-state index contributed by atoms with van der Waals surface area (Å²) in [5.41, 5.74) is 2.61. The first-order chi connectivity index (χ1) is 11.9. The third kappa shape index (κ3) is 2.12. The van der Waals surface area contributed by atoms with E-state index in [2.05, 4.69) is 30.5 Å². The average Bonchev–Trinajstić information content (AvgIpc) is 3.30. The second kappa shape index (κ2) is 5.29. The predicted molar refractivity (Wildman–Crippen MR) is 79.7 cm³/mol. The van der Waals surface area contributed by atoms with Gasteiger partial charge in [0.1, 0.15) is 13.2 Å². The third-order valence-electron chi connectivity index (χ3n) is 4.28. The average molecular weight is 326 g/mol. The summed E-state index contributed by atoms with van der Waals surface area (Å²) in [6, 6.07) is 1.82. The van der Waals surface area contributed by atoms with Crippen LogP contribution in [0.1, 0.15) is 36.0 Å². The Balaban J connectivity index is 1.48. The molecular weight excluding hydrogens is 312 g/mol. The van der Waals surface area contributed by atoms with Gasteiger partial charge in [0.2, 0.25) is 11.7 Å². The van der Waals surface area contributed by atoms with Crippen molar-refractivity contribution in [3.8, 4) is 23.0 Å². The number of fused-ring (bicyclic) bond motifs is 2. The van der Waals surface area contributed by atoms with Gasteiger partial charge in [-0.25, -0.2) is 4.98 Å². The van der Waals surface area contributed by atoms with Gasteiger partial charge in [0, 0.05) is 11.8 Å². The predicted octanol–water partition coefficient (Wildman–Crippen LogP) is 1.49. The number of hydrogen-bond donors (Lipinski definition) is 1. The highest BCUT2D eigenvalue weighted by atomic mass is 16.6. The Morgan fingerprint density at radius 3 is 3.12 bits per heavy atom. The van der Waals surface area contributed by atoms with Crippen molar-refractivity contribution in [2.45, 2.75) is 25.2 Å². The fourth-order valence-electron chi connectivity index (χ4n) is 3.12. The van der Waals surface area contributed by atoms with E-state index in [1.54, 1.807) is 6.20 Å². The van der Waals surface area contributed by atoms with Gasteiger partial charge >= 0.3 is 0 Å². The smallest absolute Gasteiger partial charge is 0.257 e. The molecule has 1 aliphatic heterocycles. The van der Waals surface area contributed by atoms with E-state index in [1.807, 2.05) is 6.07 Å². The normalized spacial score (nSPS) is 19.1. The molecule has 1 unspecified atom stereocenters. The van der Waals surface area contributed by atoms with Crippen LogP contribution in [0.2, 0.25) is 0 Å². The lowest BCUT2D eigenvalue weighted by Gasteiger charge is -2.17. The maximum Gasteiger partial charge on any atom is 0.257 e. The number of ether oxygens (including phenoxy) is 2. The molecule has 0 aromatic carbocycles. The summed E-state index contributed by atoms with van der Waals surface area (Å²) in [5.74, 6) is 2.11. The molecule has 1 aliphatic carbocycles. The van der Waals surface area contributed by atoms with Gasteiger partial charge in [0.25, 0.3) is 5.88 Å². The Morgan fingerprint density at radius 1 is 1.17 bits per heavy atom. The molecule has 3 aromatic heterocycles. The number of aryl methyl sites for hydroxylation is 1. The van der Waals surface area contributed by atoms with Crippen molar-refractivity contribution >= 4 is 0 Å². The van der Waals surface area contributed by atoms with Crippen molar-refractivity contribution in [2.24, 2.45) is 0 Å². The quantitative estimate of drug-likeness (QED) is 0.754. The largest absolute Gasteiger partial charge is 0.484 e. The number of rotatable bonds is 2. The first-order valence-electron chi connectivity index (χ1n) is 7.87. The number of nitrogens with one attached hydrogen (secondary N) is 1. The Kier molecular flexibility index (Phi) is 2.97. The summed E-state index contributed by atoms with van der Waals surface area (Å²) < 4.78 is 16.5. The molecule has 0 spiro atoms. The molecule has 0 bridgehead atoms. The zero-order valence-electron chi connectivity index (χ0n) is 12.7. The molecule has 1 atom stereocenters. The zero-order valence-corrected chi connectivity index (χ0v) is 12.7. The molecule has 24 heavy (non-hydrogen) atoms. The number of H-pyrrole nitrogens is 1. The lowest BCUT2D eigenvalue weighted by atomic mass is 9.90.